The largest absolute Gasteiger partial charge is 0.399 e. The summed E-state index contributed by atoms with van der Waals surface area (Å²) in [6, 6.07) is 10.1. The smallest absolute Gasteiger partial charge is 0.126 e. The van der Waals surface area contributed by atoms with Crippen LogP contribution in [0.1, 0.15) is 12.8 Å². The van der Waals surface area contributed by atoms with Crippen molar-refractivity contribution < 1.29 is 4.21 Å². The Morgan fingerprint density at radius 3 is 2.79 bits per heavy atom. The number of nitrogens with one attached hydrogen (secondary N) is 1. The van der Waals surface area contributed by atoms with Gasteiger partial charge >= 0.3 is 0 Å². The lowest BCUT2D eigenvalue weighted by atomic mass is 10.1. The van der Waals surface area contributed by atoms with E-state index >= 15 is 0 Å². The molecule has 1 aromatic carbocycles. The summed E-state index contributed by atoms with van der Waals surface area (Å²) in [6.07, 6.45) is 1.90. The average molecular weight is 275 g/mol. The van der Waals surface area contributed by atoms with Crippen LogP contribution >= 0.6 is 0 Å². The van der Waals surface area contributed by atoms with Crippen molar-refractivity contribution in [3.63, 3.8) is 0 Å². The highest BCUT2D eigenvalue weighted by Gasteiger charge is 2.17. The first-order chi connectivity index (χ1) is 9.20. The summed E-state index contributed by atoms with van der Waals surface area (Å²) in [7, 11) is -0.618. The minimum absolute atomic E-state index is 0.386. The van der Waals surface area contributed by atoms with Crippen molar-refractivity contribution in [2.75, 3.05) is 22.6 Å². The van der Waals surface area contributed by atoms with E-state index in [9.17, 15) is 4.21 Å². The highest BCUT2D eigenvalue weighted by Crippen LogP contribution is 2.20. The fraction of sp³-hybridized carbons (Fsp3) is 0.357. The van der Waals surface area contributed by atoms with Crippen LogP contribution in [-0.4, -0.2) is 26.7 Å². The lowest BCUT2D eigenvalue weighted by Crippen LogP contribution is -2.29. The molecule has 0 amide bonds. The SMILES string of the molecule is Nc1ccc2nc(NC3CCS(=O)CC3)ccc2c1. The minimum atomic E-state index is -0.618. The number of nitrogen functional groups attached to an aromatic ring is 1. The van der Waals surface area contributed by atoms with Gasteiger partial charge in [-0.15, -0.1) is 0 Å². The maximum Gasteiger partial charge on any atom is 0.126 e. The number of hydrogen-bond donors (Lipinski definition) is 2. The summed E-state index contributed by atoms with van der Waals surface area (Å²) in [5.41, 5.74) is 7.45. The zero-order valence-corrected chi connectivity index (χ0v) is 11.5. The number of rotatable bonds is 2. The van der Waals surface area contributed by atoms with Gasteiger partial charge in [0.15, 0.2) is 0 Å². The van der Waals surface area contributed by atoms with E-state index in [1.807, 2.05) is 30.3 Å². The molecule has 19 heavy (non-hydrogen) atoms. The van der Waals surface area contributed by atoms with Gasteiger partial charge in [0.1, 0.15) is 5.82 Å². The first-order valence-electron chi connectivity index (χ1n) is 6.48. The van der Waals surface area contributed by atoms with Gasteiger partial charge in [0.05, 0.1) is 5.52 Å². The molecule has 1 aromatic heterocycles. The number of hydrogen-bond acceptors (Lipinski definition) is 4. The molecule has 1 saturated heterocycles. The lowest BCUT2D eigenvalue weighted by molar-refractivity contribution is 0.623. The van der Waals surface area contributed by atoms with Gasteiger partial charge in [0, 0.05) is 39.4 Å². The number of nitrogens with zero attached hydrogens (tertiary/aromatic N) is 1. The van der Waals surface area contributed by atoms with Crippen LogP contribution < -0.4 is 11.1 Å². The van der Waals surface area contributed by atoms with Gasteiger partial charge in [0.25, 0.3) is 0 Å². The number of nitrogens with two attached hydrogens (primary N) is 1. The summed E-state index contributed by atoms with van der Waals surface area (Å²) >= 11 is 0. The molecular weight excluding hydrogens is 258 g/mol. The number of aromatic nitrogens is 1. The first kappa shape index (κ1) is 12.4. The van der Waals surface area contributed by atoms with E-state index < -0.39 is 10.8 Å². The van der Waals surface area contributed by atoms with Gasteiger partial charge in [-0.1, -0.05) is 0 Å². The second-order valence-corrected chi connectivity index (χ2v) is 6.61. The van der Waals surface area contributed by atoms with Crippen molar-refractivity contribution in [2.24, 2.45) is 0 Å². The fourth-order valence-corrected chi connectivity index (χ4v) is 3.67. The Morgan fingerprint density at radius 2 is 2.00 bits per heavy atom. The third kappa shape index (κ3) is 2.87. The van der Waals surface area contributed by atoms with Gasteiger partial charge in [-0.25, -0.2) is 4.98 Å². The second-order valence-electron chi connectivity index (χ2n) is 4.92. The topological polar surface area (TPSA) is 68.0 Å². The van der Waals surface area contributed by atoms with Crippen molar-refractivity contribution in [2.45, 2.75) is 18.9 Å². The third-order valence-electron chi connectivity index (χ3n) is 3.45. The molecule has 1 fully saturated rings. The molecule has 5 heteroatoms. The zero-order valence-electron chi connectivity index (χ0n) is 10.6. The van der Waals surface area contributed by atoms with E-state index in [-0.39, 0.29) is 0 Å². The summed E-state index contributed by atoms with van der Waals surface area (Å²) in [4.78, 5) is 4.59. The van der Waals surface area contributed by atoms with Gasteiger partial charge in [0.2, 0.25) is 0 Å². The lowest BCUT2D eigenvalue weighted by Gasteiger charge is -2.23. The van der Waals surface area contributed by atoms with E-state index in [0.29, 0.717) is 6.04 Å². The molecule has 1 aliphatic rings. The van der Waals surface area contributed by atoms with Crippen LogP contribution in [0.25, 0.3) is 10.9 Å². The second kappa shape index (κ2) is 5.17. The van der Waals surface area contributed by atoms with Gasteiger partial charge in [-0.3, -0.25) is 4.21 Å². The van der Waals surface area contributed by atoms with Crippen LogP contribution in [-0.2, 0) is 10.8 Å². The fourth-order valence-electron chi connectivity index (χ4n) is 2.37. The van der Waals surface area contributed by atoms with Crippen LogP contribution in [0.3, 0.4) is 0 Å². The Morgan fingerprint density at radius 1 is 1.21 bits per heavy atom. The molecule has 100 valence electrons. The minimum Gasteiger partial charge on any atom is -0.399 e. The van der Waals surface area contributed by atoms with Crippen molar-refractivity contribution >= 4 is 33.2 Å². The Kier molecular flexibility index (Phi) is 3.38. The van der Waals surface area contributed by atoms with E-state index in [1.54, 1.807) is 0 Å². The molecule has 1 aliphatic heterocycles. The number of benzene rings is 1. The highest BCUT2D eigenvalue weighted by atomic mass is 32.2. The zero-order chi connectivity index (χ0) is 13.2. The summed E-state index contributed by atoms with van der Waals surface area (Å²) in [6.45, 7) is 0. The quantitative estimate of drug-likeness (QED) is 0.824. The predicted octanol–water partition coefficient (Wildman–Crippen LogP) is 2.14. The molecular formula is C14H17N3OS. The number of pyridine rings is 1. The van der Waals surface area contributed by atoms with Crippen LogP contribution in [0.4, 0.5) is 11.5 Å². The number of anilines is 2. The summed E-state index contributed by atoms with van der Waals surface area (Å²) in [5.74, 6) is 2.47. The Hall–Kier alpha value is -1.62. The maximum atomic E-state index is 11.3. The molecule has 2 aromatic rings. The molecule has 2 heterocycles. The summed E-state index contributed by atoms with van der Waals surface area (Å²) in [5, 5.41) is 4.48. The highest BCUT2D eigenvalue weighted by molar-refractivity contribution is 7.85. The van der Waals surface area contributed by atoms with Crippen LogP contribution in [0.5, 0.6) is 0 Å². The molecule has 0 radical (unpaired) electrons. The predicted molar refractivity (Wildman–Crippen MR) is 80.7 cm³/mol. The van der Waals surface area contributed by atoms with Gasteiger partial charge in [-0.2, -0.15) is 0 Å². The molecule has 0 saturated carbocycles. The van der Waals surface area contributed by atoms with Crippen molar-refractivity contribution in [1.82, 2.24) is 4.98 Å². The van der Waals surface area contributed by atoms with Crippen molar-refractivity contribution in [3.05, 3.63) is 30.3 Å². The molecule has 0 unspecified atom stereocenters. The van der Waals surface area contributed by atoms with E-state index in [2.05, 4.69) is 10.3 Å². The first-order valence-corrected chi connectivity index (χ1v) is 7.97. The molecule has 3 rings (SSSR count). The molecule has 0 bridgehead atoms. The standard InChI is InChI=1S/C14H17N3OS/c15-11-2-3-13-10(9-11)1-4-14(17-13)16-12-5-7-19(18)8-6-12/h1-4,9,12H,5-8,15H2,(H,16,17). The van der Waals surface area contributed by atoms with Crippen LogP contribution in [0, 0.1) is 0 Å². The van der Waals surface area contributed by atoms with Crippen molar-refractivity contribution in [1.29, 1.82) is 0 Å². The Balaban J connectivity index is 1.78. The summed E-state index contributed by atoms with van der Waals surface area (Å²) < 4.78 is 11.3. The monoisotopic (exact) mass is 275 g/mol. The number of fused-ring (bicyclic) bond motifs is 1. The molecule has 0 spiro atoms. The van der Waals surface area contributed by atoms with E-state index in [4.69, 9.17) is 5.73 Å². The van der Waals surface area contributed by atoms with Crippen molar-refractivity contribution in [3.8, 4) is 0 Å². The average Bonchev–Trinajstić information content (AvgIpc) is 2.42. The Labute approximate surface area is 114 Å². The van der Waals surface area contributed by atoms with E-state index in [1.165, 1.54) is 0 Å². The van der Waals surface area contributed by atoms with Crippen LogP contribution in [0.15, 0.2) is 30.3 Å². The van der Waals surface area contributed by atoms with E-state index in [0.717, 1.165) is 46.8 Å². The van der Waals surface area contributed by atoms with Gasteiger partial charge < -0.3 is 11.1 Å². The molecule has 4 nitrogen and oxygen atoms in total. The third-order valence-corrected chi connectivity index (χ3v) is 4.84. The van der Waals surface area contributed by atoms with Gasteiger partial charge in [-0.05, 0) is 43.2 Å². The molecule has 3 N–H and O–H groups in total. The normalized spacial score (nSPS) is 23.4. The maximum absolute atomic E-state index is 11.3. The Bertz CT molecular complexity index is 619. The van der Waals surface area contributed by atoms with Crippen LogP contribution in [0.2, 0.25) is 0 Å². The molecule has 0 atom stereocenters. The molecule has 0 aliphatic carbocycles.